The van der Waals surface area contributed by atoms with Crippen molar-refractivity contribution >= 4 is 0 Å². The first-order valence-electron chi connectivity index (χ1n) is 5.37. The van der Waals surface area contributed by atoms with E-state index >= 15 is 0 Å². The van der Waals surface area contributed by atoms with Gasteiger partial charge in [0.1, 0.15) is 0 Å². The lowest BCUT2D eigenvalue weighted by atomic mass is 9.93. The van der Waals surface area contributed by atoms with Crippen LogP contribution in [0.3, 0.4) is 0 Å². The molecule has 0 radical (unpaired) electrons. The summed E-state index contributed by atoms with van der Waals surface area (Å²) in [6.45, 7) is 6.26. The van der Waals surface area contributed by atoms with Crippen LogP contribution in [0.2, 0.25) is 0 Å². The average molecular weight is 194 g/mol. The number of nitrogens with zero attached hydrogens (tertiary/aromatic N) is 2. The van der Waals surface area contributed by atoms with E-state index in [4.69, 9.17) is 0 Å². The molecule has 78 valence electrons. The molecule has 1 heterocycles. The number of rotatable bonds is 1. The van der Waals surface area contributed by atoms with Crippen molar-refractivity contribution in [1.29, 1.82) is 0 Å². The molecule has 1 N–H and O–H groups in total. The molecule has 14 heavy (non-hydrogen) atoms. The fourth-order valence-corrected chi connectivity index (χ4v) is 2.33. The second-order valence-electron chi connectivity index (χ2n) is 4.39. The molecule has 1 atom stereocenters. The zero-order valence-corrected chi connectivity index (χ0v) is 9.12. The summed E-state index contributed by atoms with van der Waals surface area (Å²) in [5.74, 6) is 0. The highest BCUT2D eigenvalue weighted by Gasteiger charge is 2.25. The summed E-state index contributed by atoms with van der Waals surface area (Å²) >= 11 is 0. The van der Waals surface area contributed by atoms with Gasteiger partial charge in [-0.2, -0.15) is 5.10 Å². The molecule has 0 saturated carbocycles. The molecular weight excluding hydrogens is 176 g/mol. The van der Waals surface area contributed by atoms with E-state index in [-0.39, 0.29) is 6.10 Å². The van der Waals surface area contributed by atoms with Crippen LogP contribution in [-0.4, -0.2) is 14.9 Å². The number of fused-ring (bicyclic) bond motifs is 1. The third kappa shape index (κ3) is 1.36. The molecule has 0 saturated heterocycles. The number of aliphatic hydroxyl groups is 1. The minimum Gasteiger partial charge on any atom is -0.388 e. The molecule has 1 aliphatic carbocycles. The third-order valence-electron chi connectivity index (χ3n) is 2.95. The summed E-state index contributed by atoms with van der Waals surface area (Å²) in [4.78, 5) is 0. The fraction of sp³-hybridized carbons (Fsp3) is 0.727. The van der Waals surface area contributed by atoms with Crippen LogP contribution in [0.4, 0.5) is 0 Å². The van der Waals surface area contributed by atoms with Gasteiger partial charge < -0.3 is 5.11 Å². The van der Waals surface area contributed by atoms with E-state index in [1.54, 1.807) is 0 Å². The molecule has 3 heteroatoms. The first-order chi connectivity index (χ1) is 6.61. The Morgan fingerprint density at radius 2 is 2.21 bits per heavy atom. The second kappa shape index (κ2) is 3.39. The maximum Gasteiger partial charge on any atom is 0.0826 e. The van der Waals surface area contributed by atoms with Gasteiger partial charge in [0.2, 0.25) is 0 Å². The number of hydrogen-bond acceptors (Lipinski definition) is 2. The van der Waals surface area contributed by atoms with Gasteiger partial charge in [0.15, 0.2) is 0 Å². The lowest BCUT2D eigenvalue weighted by molar-refractivity contribution is 0.155. The molecule has 1 unspecified atom stereocenters. The average Bonchev–Trinajstić information content (AvgIpc) is 2.45. The van der Waals surface area contributed by atoms with E-state index in [0.717, 1.165) is 30.5 Å². The van der Waals surface area contributed by atoms with Crippen molar-refractivity contribution in [3.8, 4) is 0 Å². The predicted octanol–water partition coefficient (Wildman–Crippen LogP) is 2.14. The quantitative estimate of drug-likeness (QED) is 0.743. The standard InChI is InChI=1S/C11H18N2O/c1-7(2)13-9-5-4-6-10(14)11(9)8(3)12-13/h7,10,14H,4-6H2,1-3H3. The van der Waals surface area contributed by atoms with E-state index in [0.29, 0.717) is 6.04 Å². The smallest absolute Gasteiger partial charge is 0.0826 e. The zero-order valence-electron chi connectivity index (χ0n) is 9.12. The summed E-state index contributed by atoms with van der Waals surface area (Å²) < 4.78 is 2.06. The van der Waals surface area contributed by atoms with Crippen molar-refractivity contribution in [3.05, 3.63) is 17.0 Å². The lowest BCUT2D eigenvalue weighted by Gasteiger charge is -2.20. The fourth-order valence-electron chi connectivity index (χ4n) is 2.33. The molecule has 1 aromatic heterocycles. The van der Waals surface area contributed by atoms with Gasteiger partial charge in [0, 0.05) is 17.3 Å². The van der Waals surface area contributed by atoms with Gasteiger partial charge >= 0.3 is 0 Å². The number of aliphatic hydroxyl groups excluding tert-OH is 1. The minimum atomic E-state index is -0.286. The molecule has 0 amide bonds. The van der Waals surface area contributed by atoms with Crippen LogP contribution >= 0.6 is 0 Å². The predicted molar refractivity (Wildman–Crippen MR) is 55.2 cm³/mol. The van der Waals surface area contributed by atoms with Crippen molar-refractivity contribution in [1.82, 2.24) is 9.78 Å². The number of aryl methyl sites for hydroxylation is 1. The molecule has 0 bridgehead atoms. The van der Waals surface area contributed by atoms with Gasteiger partial charge in [-0.3, -0.25) is 4.68 Å². The topological polar surface area (TPSA) is 38.0 Å². The van der Waals surface area contributed by atoms with E-state index in [9.17, 15) is 5.11 Å². The molecule has 1 aromatic rings. The summed E-state index contributed by atoms with van der Waals surface area (Å²) in [5.41, 5.74) is 3.34. The van der Waals surface area contributed by atoms with E-state index in [1.807, 2.05) is 6.92 Å². The first-order valence-corrected chi connectivity index (χ1v) is 5.37. The lowest BCUT2D eigenvalue weighted by Crippen LogP contribution is -2.14. The Morgan fingerprint density at radius 1 is 1.50 bits per heavy atom. The molecule has 0 aromatic carbocycles. The first kappa shape index (κ1) is 9.71. The Hall–Kier alpha value is -0.830. The molecule has 0 spiro atoms. The highest BCUT2D eigenvalue weighted by atomic mass is 16.3. The summed E-state index contributed by atoms with van der Waals surface area (Å²) in [5, 5.41) is 14.4. The molecule has 3 nitrogen and oxygen atoms in total. The van der Waals surface area contributed by atoms with E-state index in [2.05, 4.69) is 23.6 Å². The highest BCUT2D eigenvalue weighted by molar-refractivity contribution is 5.30. The third-order valence-corrected chi connectivity index (χ3v) is 2.95. The second-order valence-corrected chi connectivity index (χ2v) is 4.39. The van der Waals surface area contributed by atoms with Crippen LogP contribution in [0, 0.1) is 6.92 Å². The van der Waals surface area contributed by atoms with Crippen LogP contribution in [0.25, 0.3) is 0 Å². The van der Waals surface area contributed by atoms with Crippen LogP contribution in [-0.2, 0) is 6.42 Å². The van der Waals surface area contributed by atoms with Crippen LogP contribution in [0.5, 0.6) is 0 Å². The molecule has 0 fully saturated rings. The van der Waals surface area contributed by atoms with Gasteiger partial charge in [-0.25, -0.2) is 0 Å². The van der Waals surface area contributed by atoms with Gasteiger partial charge in [0.25, 0.3) is 0 Å². The van der Waals surface area contributed by atoms with Crippen LogP contribution < -0.4 is 0 Å². The van der Waals surface area contributed by atoms with Gasteiger partial charge in [-0.15, -0.1) is 0 Å². The van der Waals surface area contributed by atoms with E-state index in [1.165, 1.54) is 5.69 Å². The zero-order chi connectivity index (χ0) is 10.3. The minimum absolute atomic E-state index is 0.286. The maximum absolute atomic E-state index is 9.88. The van der Waals surface area contributed by atoms with Crippen molar-refractivity contribution in [2.24, 2.45) is 0 Å². The SMILES string of the molecule is Cc1nn(C(C)C)c2c1C(O)CCC2. The van der Waals surface area contributed by atoms with Crippen molar-refractivity contribution in [3.63, 3.8) is 0 Å². The molecule has 2 rings (SSSR count). The number of aromatic nitrogens is 2. The molecule has 0 aliphatic heterocycles. The van der Waals surface area contributed by atoms with Gasteiger partial charge in [-0.05, 0) is 40.0 Å². The van der Waals surface area contributed by atoms with Gasteiger partial charge in [0.05, 0.1) is 11.8 Å². The molecular formula is C11H18N2O. The van der Waals surface area contributed by atoms with Crippen molar-refractivity contribution < 1.29 is 5.11 Å². The normalized spacial score (nSPS) is 21.4. The Balaban J connectivity index is 2.52. The Bertz CT molecular complexity index is 341. The van der Waals surface area contributed by atoms with Crippen LogP contribution in [0.15, 0.2) is 0 Å². The highest BCUT2D eigenvalue weighted by Crippen LogP contribution is 2.33. The summed E-state index contributed by atoms with van der Waals surface area (Å²) in [6.07, 6.45) is 2.74. The maximum atomic E-state index is 9.88. The Labute approximate surface area is 84.7 Å². The largest absolute Gasteiger partial charge is 0.388 e. The summed E-state index contributed by atoms with van der Waals surface area (Å²) in [7, 11) is 0. The summed E-state index contributed by atoms with van der Waals surface area (Å²) in [6, 6.07) is 0.391. The van der Waals surface area contributed by atoms with Gasteiger partial charge in [-0.1, -0.05) is 0 Å². The van der Waals surface area contributed by atoms with Crippen molar-refractivity contribution in [2.75, 3.05) is 0 Å². The molecule has 1 aliphatic rings. The Morgan fingerprint density at radius 3 is 2.86 bits per heavy atom. The van der Waals surface area contributed by atoms with Crippen LogP contribution in [0.1, 0.15) is 55.8 Å². The number of hydrogen-bond donors (Lipinski definition) is 1. The van der Waals surface area contributed by atoms with Crippen molar-refractivity contribution in [2.45, 2.75) is 52.2 Å². The Kier molecular flexibility index (Phi) is 2.35. The monoisotopic (exact) mass is 194 g/mol. The van der Waals surface area contributed by atoms with E-state index < -0.39 is 0 Å².